The van der Waals surface area contributed by atoms with Gasteiger partial charge in [-0.3, -0.25) is 0 Å². The van der Waals surface area contributed by atoms with E-state index in [0.717, 1.165) is 5.69 Å². The zero-order valence-electron chi connectivity index (χ0n) is 10.9. The number of rotatable bonds is 4. The van der Waals surface area contributed by atoms with Crippen LogP contribution in [0.25, 0.3) is 0 Å². The number of nitrogens with zero attached hydrogens (tertiary/aromatic N) is 2. The number of nitrogens with two attached hydrogens (primary N) is 1. The summed E-state index contributed by atoms with van der Waals surface area (Å²) >= 11 is 0. The molecule has 1 aromatic rings. The fourth-order valence-corrected chi connectivity index (χ4v) is 2.09. The van der Waals surface area contributed by atoms with Crippen LogP contribution >= 0.6 is 0 Å². The normalized spacial score (nSPS) is 12.9. The van der Waals surface area contributed by atoms with Gasteiger partial charge in [0, 0.05) is 17.2 Å². The van der Waals surface area contributed by atoms with Crippen LogP contribution < -0.4 is 5.73 Å². The lowest BCUT2D eigenvalue weighted by atomic mass is 9.92. The van der Waals surface area contributed by atoms with Gasteiger partial charge >= 0.3 is 0 Å². The molecular weight excluding hydrogens is 238 g/mol. The molecule has 98 valence electrons. The molecule has 0 radical (unpaired) electrons. The van der Waals surface area contributed by atoms with E-state index in [-0.39, 0.29) is 16.9 Å². The second kappa shape index (κ2) is 4.68. The largest absolute Gasteiger partial charge is 0.384 e. The Kier molecular flexibility index (Phi) is 3.86. The summed E-state index contributed by atoms with van der Waals surface area (Å²) in [7, 11) is -2.98. The molecule has 0 saturated heterocycles. The van der Waals surface area contributed by atoms with Gasteiger partial charge in [-0.2, -0.15) is 5.10 Å². The first-order valence-electron chi connectivity index (χ1n) is 5.70. The SMILES string of the molecule is CCS(=O)(=O)CCn1nc(C(C)(C)C)cc1N. The first kappa shape index (κ1) is 14.0. The van der Waals surface area contributed by atoms with E-state index in [1.807, 2.05) is 20.8 Å². The highest BCUT2D eigenvalue weighted by molar-refractivity contribution is 7.91. The minimum Gasteiger partial charge on any atom is -0.384 e. The van der Waals surface area contributed by atoms with Crippen LogP contribution in [0, 0.1) is 0 Å². The predicted octanol–water partition coefficient (Wildman–Crippen LogP) is 1.20. The van der Waals surface area contributed by atoms with Crippen LogP contribution in [0.1, 0.15) is 33.4 Å². The van der Waals surface area contributed by atoms with Crippen LogP contribution in [0.5, 0.6) is 0 Å². The lowest BCUT2D eigenvalue weighted by Crippen LogP contribution is -2.18. The van der Waals surface area contributed by atoms with Gasteiger partial charge in [0.05, 0.1) is 18.0 Å². The third-order valence-corrected chi connectivity index (χ3v) is 4.32. The maximum atomic E-state index is 11.4. The van der Waals surface area contributed by atoms with Gasteiger partial charge in [-0.05, 0) is 0 Å². The van der Waals surface area contributed by atoms with Gasteiger partial charge in [0.15, 0.2) is 9.84 Å². The molecule has 6 heteroatoms. The number of sulfone groups is 1. The fourth-order valence-electron chi connectivity index (χ4n) is 1.35. The summed E-state index contributed by atoms with van der Waals surface area (Å²) in [6, 6.07) is 1.80. The molecule has 0 fully saturated rings. The average Bonchev–Trinajstić information content (AvgIpc) is 2.57. The van der Waals surface area contributed by atoms with Gasteiger partial charge in [0.25, 0.3) is 0 Å². The summed E-state index contributed by atoms with van der Waals surface area (Å²) in [6.45, 7) is 8.09. The van der Waals surface area contributed by atoms with Crippen molar-refractivity contribution in [2.45, 2.75) is 39.7 Å². The Morgan fingerprint density at radius 1 is 1.41 bits per heavy atom. The Hall–Kier alpha value is -1.04. The van der Waals surface area contributed by atoms with Crippen LogP contribution in [-0.2, 0) is 21.8 Å². The molecule has 0 atom stereocenters. The standard InChI is InChI=1S/C11H21N3O2S/c1-5-17(15,16)7-6-14-10(12)8-9(13-14)11(2,3)4/h8H,5-7,12H2,1-4H3. The van der Waals surface area contributed by atoms with E-state index in [0.29, 0.717) is 12.4 Å². The Morgan fingerprint density at radius 2 is 2.00 bits per heavy atom. The van der Waals surface area contributed by atoms with E-state index in [2.05, 4.69) is 5.10 Å². The molecule has 1 aromatic heterocycles. The molecule has 1 rings (SSSR count). The van der Waals surface area contributed by atoms with Gasteiger partial charge in [0.1, 0.15) is 5.82 Å². The molecule has 1 heterocycles. The minimum atomic E-state index is -2.98. The second-order valence-corrected chi connectivity index (χ2v) is 7.64. The number of hydrogen-bond donors (Lipinski definition) is 1. The molecule has 0 unspecified atom stereocenters. The maximum Gasteiger partial charge on any atom is 0.151 e. The zero-order valence-corrected chi connectivity index (χ0v) is 11.7. The second-order valence-electron chi connectivity index (χ2n) is 5.16. The smallest absolute Gasteiger partial charge is 0.151 e. The Morgan fingerprint density at radius 3 is 2.41 bits per heavy atom. The van der Waals surface area contributed by atoms with Crippen molar-refractivity contribution < 1.29 is 8.42 Å². The van der Waals surface area contributed by atoms with Crippen LogP contribution in [0.2, 0.25) is 0 Å². The number of aryl methyl sites for hydroxylation is 1. The molecule has 0 aliphatic rings. The lowest BCUT2D eigenvalue weighted by molar-refractivity contribution is 0.539. The van der Waals surface area contributed by atoms with Gasteiger partial charge < -0.3 is 5.73 Å². The van der Waals surface area contributed by atoms with Crippen molar-refractivity contribution in [1.29, 1.82) is 0 Å². The molecule has 0 aromatic carbocycles. The molecular formula is C11H21N3O2S. The zero-order chi connectivity index (χ0) is 13.3. The van der Waals surface area contributed by atoms with Crippen LogP contribution in [0.4, 0.5) is 5.82 Å². The van der Waals surface area contributed by atoms with E-state index in [1.54, 1.807) is 17.7 Å². The summed E-state index contributed by atoms with van der Waals surface area (Å²) < 4.78 is 24.4. The first-order valence-corrected chi connectivity index (χ1v) is 7.52. The quantitative estimate of drug-likeness (QED) is 0.881. The summed E-state index contributed by atoms with van der Waals surface area (Å²) in [5, 5.41) is 4.35. The molecule has 0 aliphatic heterocycles. The molecule has 0 bridgehead atoms. The van der Waals surface area contributed by atoms with Crippen LogP contribution in [0.15, 0.2) is 6.07 Å². The number of aromatic nitrogens is 2. The number of hydrogen-bond acceptors (Lipinski definition) is 4. The molecule has 17 heavy (non-hydrogen) atoms. The van der Waals surface area contributed by atoms with Crippen molar-refractivity contribution in [3.05, 3.63) is 11.8 Å². The van der Waals surface area contributed by atoms with E-state index in [1.165, 1.54) is 0 Å². The molecule has 0 saturated carbocycles. The number of anilines is 1. The lowest BCUT2D eigenvalue weighted by Gasteiger charge is -2.14. The third-order valence-electron chi connectivity index (χ3n) is 2.63. The van der Waals surface area contributed by atoms with Crippen LogP contribution in [-0.4, -0.2) is 29.7 Å². The summed E-state index contributed by atoms with van der Waals surface area (Å²) in [4.78, 5) is 0. The van der Waals surface area contributed by atoms with Crippen molar-refractivity contribution in [2.24, 2.45) is 0 Å². The van der Waals surface area contributed by atoms with Gasteiger partial charge in [-0.15, -0.1) is 0 Å². The highest BCUT2D eigenvalue weighted by atomic mass is 32.2. The molecule has 0 amide bonds. The monoisotopic (exact) mass is 259 g/mol. The van der Waals surface area contributed by atoms with Crippen LogP contribution in [0.3, 0.4) is 0 Å². The fraction of sp³-hybridized carbons (Fsp3) is 0.727. The maximum absolute atomic E-state index is 11.4. The molecule has 0 aliphatic carbocycles. The van der Waals surface area contributed by atoms with Crippen molar-refractivity contribution in [3.8, 4) is 0 Å². The minimum absolute atomic E-state index is 0.0804. The first-order chi connectivity index (χ1) is 7.65. The Bertz CT molecular complexity index is 483. The van der Waals surface area contributed by atoms with E-state index in [4.69, 9.17) is 5.73 Å². The van der Waals surface area contributed by atoms with Crippen molar-refractivity contribution >= 4 is 15.7 Å². The predicted molar refractivity (Wildman–Crippen MR) is 69.7 cm³/mol. The Balaban J connectivity index is 2.84. The molecule has 0 spiro atoms. The highest BCUT2D eigenvalue weighted by Crippen LogP contribution is 2.22. The van der Waals surface area contributed by atoms with Gasteiger partial charge in [0.2, 0.25) is 0 Å². The van der Waals surface area contributed by atoms with E-state index < -0.39 is 9.84 Å². The van der Waals surface area contributed by atoms with Crippen molar-refractivity contribution in [2.75, 3.05) is 17.2 Å². The Labute approximate surface area is 103 Å². The topological polar surface area (TPSA) is 78.0 Å². The average molecular weight is 259 g/mol. The molecule has 2 N–H and O–H groups in total. The summed E-state index contributed by atoms with van der Waals surface area (Å²) in [6.07, 6.45) is 0. The van der Waals surface area contributed by atoms with E-state index in [9.17, 15) is 8.42 Å². The highest BCUT2D eigenvalue weighted by Gasteiger charge is 2.19. The van der Waals surface area contributed by atoms with Gasteiger partial charge in [-0.25, -0.2) is 13.1 Å². The van der Waals surface area contributed by atoms with Crippen molar-refractivity contribution in [1.82, 2.24) is 9.78 Å². The van der Waals surface area contributed by atoms with Gasteiger partial charge in [-0.1, -0.05) is 27.7 Å². The van der Waals surface area contributed by atoms with Crippen molar-refractivity contribution in [3.63, 3.8) is 0 Å². The van der Waals surface area contributed by atoms with E-state index >= 15 is 0 Å². The number of nitrogen functional groups attached to an aromatic ring is 1. The molecule has 5 nitrogen and oxygen atoms in total. The summed E-state index contributed by atoms with van der Waals surface area (Å²) in [5.74, 6) is 0.750. The summed E-state index contributed by atoms with van der Waals surface area (Å²) in [5.41, 5.74) is 6.61. The third kappa shape index (κ3) is 3.73.